The van der Waals surface area contributed by atoms with Crippen LogP contribution in [0.25, 0.3) is 0 Å². The van der Waals surface area contributed by atoms with Gasteiger partial charge < -0.3 is 10.1 Å². The van der Waals surface area contributed by atoms with Crippen LogP contribution in [0, 0.1) is 0 Å². The number of methoxy groups -OCH3 is 1. The van der Waals surface area contributed by atoms with Crippen molar-refractivity contribution in [2.24, 2.45) is 0 Å². The highest BCUT2D eigenvalue weighted by Crippen LogP contribution is 2.06. The van der Waals surface area contributed by atoms with Crippen molar-refractivity contribution in [2.45, 2.75) is 13.0 Å². The number of ether oxygens (including phenoxy) is 1. The second-order valence-corrected chi connectivity index (χ2v) is 2.87. The van der Waals surface area contributed by atoms with Gasteiger partial charge in [-0.25, -0.2) is 0 Å². The molecule has 0 radical (unpaired) electrons. The molecule has 0 saturated carbocycles. The SMILES string of the molecule is COC[C@H](C)Nc1ccccc1. The lowest BCUT2D eigenvalue weighted by atomic mass is 10.3. The van der Waals surface area contributed by atoms with Crippen LogP contribution in [0.4, 0.5) is 5.69 Å². The highest BCUT2D eigenvalue weighted by atomic mass is 16.5. The highest BCUT2D eigenvalue weighted by Gasteiger charge is 1.98. The van der Waals surface area contributed by atoms with Crippen molar-refractivity contribution in [1.82, 2.24) is 0 Å². The van der Waals surface area contributed by atoms with E-state index in [0.717, 1.165) is 12.3 Å². The van der Waals surface area contributed by atoms with Crippen LogP contribution in [0.1, 0.15) is 6.92 Å². The Morgan fingerprint density at radius 3 is 2.58 bits per heavy atom. The smallest absolute Gasteiger partial charge is 0.0661 e. The lowest BCUT2D eigenvalue weighted by Gasteiger charge is -2.13. The number of rotatable bonds is 4. The molecular formula is C10H15NO. The van der Waals surface area contributed by atoms with Crippen LogP contribution in [0.15, 0.2) is 30.3 Å². The second kappa shape index (κ2) is 4.78. The Morgan fingerprint density at radius 1 is 1.33 bits per heavy atom. The van der Waals surface area contributed by atoms with Gasteiger partial charge in [0.05, 0.1) is 6.61 Å². The molecule has 2 heteroatoms. The standard InChI is InChI=1S/C10H15NO/c1-9(8-12-2)11-10-6-4-3-5-7-10/h3-7,9,11H,8H2,1-2H3/t9-/m0/s1. The van der Waals surface area contributed by atoms with Crippen molar-refractivity contribution in [1.29, 1.82) is 0 Å². The Hall–Kier alpha value is -1.02. The summed E-state index contributed by atoms with van der Waals surface area (Å²) in [7, 11) is 1.71. The fourth-order valence-electron chi connectivity index (χ4n) is 1.11. The fraction of sp³-hybridized carbons (Fsp3) is 0.400. The Bertz CT molecular complexity index is 210. The third kappa shape index (κ3) is 2.93. The van der Waals surface area contributed by atoms with E-state index in [1.54, 1.807) is 7.11 Å². The van der Waals surface area contributed by atoms with Crippen molar-refractivity contribution in [3.05, 3.63) is 30.3 Å². The first-order valence-corrected chi connectivity index (χ1v) is 4.13. The first kappa shape index (κ1) is 9.07. The van der Waals surface area contributed by atoms with Crippen LogP contribution in [0.5, 0.6) is 0 Å². The topological polar surface area (TPSA) is 21.3 Å². The summed E-state index contributed by atoms with van der Waals surface area (Å²) in [5, 5.41) is 3.32. The molecular weight excluding hydrogens is 150 g/mol. The van der Waals surface area contributed by atoms with Crippen LogP contribution in [-0.2, 0) is 4.74 Å². The fourth-order valence-corrected chi connectivity index (χ4v) is 1.11. The Morgan fingerprint density at radius 2 is 2.00 bits per heavy atom. The molecule has 0 aliphatic rings. The summed E-state index contributed by atoms with van der Waals surface area (Å²) < 4.78 is 5.01. The van der Waals surface area contributed by atoms with Crippen LogP contribution in [0.3, 0.4) is 0 Å². The highest BCUT2D eigenvalue weighted by molar-refractivity contribution is 5.43. The molecule has 0 aliphatic heterocycles. The summed E-state index contributed by atoms with van der Waals surface area (Å²) in [4.78, 5) is 0. The van der Waals surface area contributed by atoms with Crippen molar-refractivity contribution in [3.8, 4) is 0 Å². The van der Waals surface area contributed by atoms with Gasteiger partial charge in [0.25, 0.3) is 0 Å². The molecule has 0 spiro atoms. The molecule has 1 rings (SSSR count). The third-order valence-corrected chi connectivity index (χ3v) is 1.60. The first-order valence-electron chi connectivity index (χ1n) is 4.13. The summed E-state index contributed by atoms with van der Waals surface area (Å²) >= 11 is 0. The number of para-hydroxylation sites is 1. The zero-order valence-corrected chi connectivity index (χ0v) is 7.58. The van der Waals surface area contributed by atoms with E-state index >= 15 is 0 Å². The quantitative estimate of drug-likeness (QED) is 0.738. The Labute approximate surface area is 73.6 Å². The molecule has 0 amide bonds. The van der Waals surface area contributed by atoms with Gasteiger partial charge >= 0.3 is 0 Å². The van der Waals surface area contributed by atoms with E-state index in [-0.39, 0.29) is 0 Å². The average Bonchev–Trinajstić information content (AvgIpc) is 2.06. The molecule has 1 atom stereocenters. The van der Waals surface area contributed by atoms with Gasteiger partial charge in [-0.2, -0.15) is 0 Å². The maximum Gasteiger partial charge on any atom is 0.0661 e. The first-order chi connectivity index (χ1) is 5.83. The Balaban J connectivity index is 2.41. The number of anilines is 1. The van der Waals surface area contributed by atoms with Gasteiger partial charge in [-0.3, -0.25) is 0 Å². The normalized spacial score (nSPS) is 12.5. The zero-order valence-electron chi connectivity index (χ0n) is 7.58. The molecule has 2 nitrogen and oxygen atoms in total. The molecule has 0 aromatic heterocycles. The van der Waals surface area contributed by atoms with Gasteiger partial charge in [0.2, 0.25) is 0 Å². The maximum absolute atomic E-state index is 5.01. The lowest BCUT2D eigenvalue weighted by Crippen LogP contribution is -2.20. The van der Waals surface area contributed by atoms with Gasteiger partial charge in [-0.05, 0) is 19.1 Å². The molecule has 1 aromatic rings. The maximum atomic E-state index is 5.01. The van der Waals surface area contributed by atoms with Crippen molar-refractivity contribution < 1.29 is 4.74 Å². The summed E-state index contributed by atoms with van der Waals surface area (Å²) in [5.41, 5.74) is 1.14. The van der Waals surface area contributed by atoms with E-state index in [2.05, 4.69) is 12.2 Å². The summed E-state index contributed by atoms with van der Waals surface area (Å²) in [6.07, 6.45) is 0. The van der Waals surface area contributed by atoms with E-state index in [4.69, 9.17) is 4.74 Å². The van der Waals surface area contributed by atoms with E-state index in [0.29, 0.717) is 6.04 Å². The zero-order chi connectivity index (χ0) is 8.81. The molecule has 0 bridgehead atoms. The largest absolute Gasteiger partial charge is 0.383 e. The number of hydrogen-bond donors (Lipinski definition) is 1. The van der Waals surface area contributed by atoms with Gasteiger partial charge in [0.1, 0.15) is 0 Å². The number of nitrogens with one attached hydrogen (secondary N) is 1. The van der Waals surface area contributed by atoms with Gasteiger partial charge in [0.15, 0.2) is 0 Å². The van der Waals surface area contributed by atoms with E-state index < -0.39 is 0 Å². The third-order valence-electron chi connectivity index (χ3n) is 1.60. The van der Waals surface area contributed by atoms with Crippen molar-refractivity contribution >= 4 is 5.69 Å². The predicted octanol–water partition coefficient (Wildman–Crippen LogP) is 2.13. The van der Waals surface area contributed by atoms with Crippen molar-refractivity contribution in [3.63, 3.8) is 0 Å². The molecule has 0 heterocycles. The molecule has 0 aliphatic carbocycles. The average molecular weight is 165 g/mol. The molecule has 1 aromatic carbocycles. The monoisotopic (exact) mass is 165 g/mol. The van der Waals surface area contributed by atoms with Crippen LogP contribution < -0.4 is 5.32 Å². The molecule has 1 N–H and O–H groups in total. The Kier molecular flexibility index (Phi) is 3.61. The van der Waals surface area contributed by atoms with Crippen LogP contribution >= 0.6 is 0 Å². The summed E-state index contributed by atoms with van der Waals surface area (Å²) in [6, 6.07) is 10.5. The summed E-state index contributed by atoms with van der Waals surface area (Å²) in [6.45, 7) is 2.82. The molecule has 0 unspecified atom stereocenters. The van der Waals surface area contributed by atoms with Gasteiger partial charge in [-0.15, -0.1) is 0 Å². The molecule has 12 heavy (non-hydrogen) atoms. The lowest BCUT2D eigenvalue weighted by molar-refractivity contribution is 0.190. The van der Waals surface area contributed by atoms with Crippen LogP contribution in [0.2, 0.25) is 0 Å². The minimum Gasteiger partial charge on any atom is -0.383 e. The van der Waals surface area contributed by atoms with E-state index in [1.165, 1.54) is 0 Å². The van der Waals surface area contributed by atoms with E-state index in [9.17, 15) is 0 Å². The molecule has 0 saturated heterocycles. The second-order valence-electron chi connectivity index (χ2n) is 2.87. The van der Waals surface area contributed by atoms with Gasteiger partial charge in [-0.1, -0.05) is 18.2 Å². The minimum absolute atomic E-state index is 0.359. The van der Waals surface area contributed by atoms with E-state index in [1.807, 2.05) is 30.3 Å². The summed E-state index contributed by atoms with van der Waals surface area (Å²) in [5.74, 6) is 0. The number of benzene rings is 1. The predicted molar refractivity (Wildman–Crippen MR) is 51.4 cm³/mol. The van der Waals surface area contributed by atoms with Gasteiger partial charge in [0, 0.05) is 18.8 Å². The molecule has 0 fully saturated rings. The molecule has 66 valence electrons. The minimum atomic E-state index is 0.359. The van der Waals surface area contributed by atoms with Crippen LogP contribution in [-0.4, -0.2) is 19.8 Å². The van der Waals surface area contributed by atoms with Crippen molar-refractivity contribution in [2.75, 3.05) is 19.0 Å². The number of hydrogen-bond acceptors (Lipinski definition) is 2.